The Labute approximate surface area is 327 Å². The van der Waals surface area contributed by atoms with Crippen molar-refractivity contribution >= 4 is 90.9 Å². The number of anilines is 3. The van der Waals surface area contributed by atoms with Gasteiger partial charge in [-0.2, -0.15) is 0 Å². The van der Waals surface area contributed by atoms with Crippen molar-refractivity contribution in [3.05, 3.63) is 200 Å². The summed E-state index contributed by atoms with van der Waals surface area (Å²) in [4.78, 5) is 2.44. The van der Waals surface area contributed by atoms with Crippen molar-refractivity contribution in [1.82, 2.24) is 0 Å². The van der Waals surface area contributed by atoms with E-state index in [0.29, 0.717) is 0 Å². The zero-order valence-corrected chi connectivity index (χ0v) is 31.4. The lowest BCUT2D eigenvalue weighted by molar-refractivity contribution is 1.29. The Balaban J connectivity index is 1.06. The minimum absolute atomic E-state index is 1.11. The van der Waals surface area contributed by atoms with Crippen molar-refractivity contribution in [2.45, 2.75) is 0 Å². The van der Waals surface area contributed by atoms with Crippen LogP contribution in [-0.4, -0.2) is 0 Å². The Morgan fingerprint density at radius 3 is 1.60 bits per heavy atom. The lowest BCUT2D eigenvalue weighted by Gasteiger charge is -2.28. The van der Waals surface area contributed by atoms with Crippen LogP contribution in [0.3, 0.4) is 0 Å². The summed E-state index contributed by atoms with van der Waals surface area (Å²) in [6.07, 6.45) is 0. The van der Waals surface area contributed by atoms with Crippen LogP contribution in [0.4, 0.5) is 17.1 Å². The largest absolute Gasteiger partial charge is 0.310 e. The first-order valence-corrected chi connectivity index (χ1v) is 20.3. The van der Waals surface area contributed by atoms with E-state index >= 15 is 0 Å². The minimum atomic E-state index is 1.11. The van der Waals surface area contributed by atoms with Gasteiger partial charge in [-0.25, -0.2) is 0 Å². The molecule has 0 fully saturated rings. The van der Waals surface area contributed by atoms with Crippen LogP contribution in [0.15, 0.2) is 200 Å². The molecule has 0 aliphatic heterocycles. The van der Waals surface area contributed by atoms with Crippen LogP contribution in [-0.2, 0) is 0 Å². The molecule has 0 atom stereocenters. The SMILES string of the molecule is c1cc(-c2ccccc2N(c2ccc(-c3ccc4sc5ccccc5c4c3)cc2)c2ccc3sc4ccccc4c3c2)cc(-c2cccc3ccccc23)c1. The van der Waals surface area contributed by atoms with Gasteiger partial charge in [-0.15, -0.1) is 22.7 Å². The molecule has 0 bridgehead atoms. The summed E-state index contributed by atoms with van der Waals surface area (Å²) in [5.74, 6) is 0. The molecular formula is C52H33NS2. The molecule has 2 aromatic heterocycles. The highest BCUT2D eigenvalue weighted by Crippen LogP contribution is 2.45. The number of fused-ring (bicyclic) bond motifs is 7. The molecule has 0 amide bonds. The van der Waals surface area contributed by atoms with Gasteiger partial charge in [0.15, 0.2) is 0 Å². The second-order valence-electron chi connectivity index (χ2n) is 14.1. The van der Waals surface area contributed by atoms with Crippen molar-refractivity contribution in [1.29, 1.82) is 0 Å². The van der Waals surface area contributed by atoms with Gasteiger partial charge < -0.3 is 4.90 Å². The number of thiophene rings is 2. The molecule has 0 unspecified atom stereocenters. The van der Waals surface area contributed by atoms with Crippen LogP contribution >= 0.6 is 22.7 Å². The molecule has 55 heavy (non-hydrogen) atoms. The Morgan fingerprint density at radius 1 is 0.291 bits per heavy atom. The molecule has 258 valence electrons. The summed E-state index contributed by atoms with van der Waals surface area (Å²) < 4.78 is 5.27. The maximum atomic E-state index is 2.44. The van der Waals surface area contributed by atoms with E-state index < -0.39 is 0 Å². The first kappa shape index (κ1) is 32.0. The first-order valence-electron chi connectivity index (χ1n) is 18.7. The number of rotatable bonds is 6. The molecule has 11 aromatic rings. The monoisotopic (exact) mass is 735 g/mol. The fourth-order valence-corrected chi connectivity index (χ4v) is 10.4. The molecule has 0 aliphatic carbocycles. The van der Waals surface area contributed by atoms with Gasteiger partial charge in [0, 0.05) is 57.3 Å². The van der Waals surface area contributed by atoms with Gasteiger partial charge in [0.2, 0.25) is 0 Å². The number of para-hydroxylation sites is 1. The highest BCUT2D eigenvalue weighted by Gasteiger charge is 2.19. The quantitative estimate of drug-likeness (QED) is 0.164. The molecule has 0 saturated heterocycles. The standard InChI is InChI=1S/C52H33NS2/c1-2-15-41-35(11-1)12-10-19-42(41)37-13-9-14-38(31-37)43-16-3-6-20-48(43)53(40-28-30-52-47(33-40)45-18-5-8-22-50(45)55-52)39-26-23-34(24-27-39)36-25-29-51-46(32-36)44-17-4-7-21-49(44)54-51/h1-33H. The van der Waals surface area contributed by atoms with Gasteiger partial charge >= 0.3 is 0 Å². The second kappa shape index (κ2) is 13.1. The fourth-order valence-electron chi connectivity index (χ4n) is 8.23. The third-order valence-electron chi connectivity index (χ3n) is 10.9. The highest BCUT2D eigenvalue weighted by atomic mass is 32.1. The lowest BCUT2D eigenvalue weighted by Crippen LogP contribution is -2.11. The van der Waals surface area contributed by atoms with Crippen molar-refractivity contribution in [2.75, 3.05) is 4.90 Å². The number of benzene rings is 9. The minimum Gasteiger partial charge on any atom is -0.310 e. The van der Waals surface area contributed by atoms with E-state index in [9.17, 15) is 0 Å². The molecule has 11 rings (SSSR count). The molecule has 0 spiro atoms. The average molecular weight is 736 g/mol. The number of nitrogens with zero attached hydrogens (tertiary/aromatic N) is 1. The normalized spacial score (nSPS) is 11.6. The lowest BCUT2D eigenvalue weighted by atomic mass is 9.94. The molecular weight excluding hydrogens is 703 g/mol. The van der Waals surface area contributed by atoms with Crippen LogP contribution in [0.2, 0.25) is 0 Å². The number of hydrogen-bond acceptors (Lipinski definition) is 3. The summed E-state index contributed by atoms with van der Waals surface area (Å²) in [6, 6.07) is 73.5. The molecule has 0 radical (unpaired) electrons. The van der Waals surface area contributed by atoms with Crippen molar-refractivity contribution in [3.63, 3.8) is 0 Å². The molecule has 0 N–H and O–H groups in total. The predicted octanol–water partition coefficient (Wildman–Crippen LogP) is 16.0. The van der Waals surface area contributed by atoms with Gasteiger partial charge in [0.05, 0.1) is 5.69 Å². The van der Waals surface area contributed by atoms with Crippen LogP contribution in [0.1, 0.15) is 0 Å². The molecule has 9 aromatic carbocycles. The summed E-state index contributed by atoms with van der Waals surface area (Å²) in [7, 11) is 0. The van der Waals surface area contributed by atoms with E-state index in [4.69, 9.17) is 0 Å². The fraction of sp³-hybridized carbons (Fsp3) is 0. The van der Waals surface area contributed by atoms with Crippen LogP contribution < -0.4 is 4.90 Å². The van der Waals surface area contributed by atoms with Gasteiger partial charge in [0.1, 0.15) is 0 Å². The van der Waals surface area contributed by atoms with Crippen LogP contribution in [0.25, 0.3) is 84.5 Å². The smallest absolute Gasteiger partial charge is 0.0540 e. The van der Waals surface area contributed by atoms with E-state index in [1.165, 1.54) is 84.5 Å². The zero-order chi connectivity index (χ0) is 36.3. The summed E-state index contributed by atoms with van der Waals surface area (Å²) in [5, 5.41) is 7.74. The van der Waals surface area contributed by atoms with E-state index in [2.05, 4.69) is 205 Å². The summed E-state index contributed by atoms with van der Waals surface area (Å²) >= 11 is 3.72. The van der Waals surface area contributed by atoms with Crippen molar-refractivity contribution in [2.24, 2.45) is 0 Å². The summed E-state index contributed by atoms with van der Waals surface area (Å²) in [6.45, 7) is 0. The van der Waals surface area contributed by atoms with Gasteiger partial charge in [-0.3, -0.25) is 0 Å². The van der Waals surface area contributed by atoms with Crippen LogP contribution in [0.5, 0.6) is 0 Å². The Morgan fingerprint density at radius 2 is 0.818 bits per heavy atom. The van der Waals surface area contributed by atoms with Crippen molar-refractivity contribution in [3.8, 4) is 33.4 Å². The predicted molar refractivity (Wildman–Crippen MR) is 241 cm³/mol. The second-order valence-corrected chi connectivity index (χ2v) is 16.3. The molecule has 0 aliphatic rings. The maximum Gasteiger partial charge on any atom is 0.0540 e. The third kappa shape index (κ3) is 5.51. The summed E-state index contributed by atoms with van der Waals surface area (Å²) in [5.41, 5.74) is 10.6. The van der Waals surface area contributed by atoms with Gasteiger partial charge in [0.25, 0.3) is 0 Å². The highest BCUT2D eigenvalue weighted by molar-refractivity contribution is 7.26. The molecule has 3 heteroatoms. The Kier molecular flexibility index (Phi) is 7.61. The topological polar surface area (TPSA) is 3.24 Å². The van der Waals surface area contributed by atoms with E-state index in [-0.39, 0.29) is 0 Å². The van der Waals surface area contributed by atoms with E-state index in [1.54, 1.807) is 0 Å². The average Bonchev–Trinajstić information content (AvgIpc) is 3.82. The first-order chi connectivity index (χ1) is 27.2. The van der Waals surface area contributed by atoms with E-state index in [0.717, 1.165) is 17.1 Å². The number of hydrogen-bond donors (Lipinski definition) is 0. The van der Waals surface area contributed by atoms with Crippen molar-refractivity contribution < 1.29 is 0 Å². The van der Waals surface area contributed by atoms with E-state index in [1.807, 2.05) is 22.7 Å². The maximum absolute atomic E-state index is 2.44. The van der Waals surface area contributed by atoms with Gasteiger partial charge in [-0.05, 0) is 105 Å². The third-order valence-corrected chi connectivity index (χ3v) is 13.2. The van der Waals surface area contributed by atoms with Gasteiger partial charge in [-0.1, -0.05) is 133 Å². The zero-order valence-electron chi connectivity index (χ0n) is 29.8. The molecule has 1 nitrogen and oxygen atoms in total. The molecule has 0 saturated carbocycles. The van der Waals surface area contributed by atoms with Crippen LogP contribution in [0, 0.1) is 0 Å². The Hall–Kier alpha value is -6.52. The Bertz CT molecular complexity index is 3220. The molecule has 2 heterocycles.